The van der Waals surface area contributed by atoms with Crippen molar-refractivity contribution >= 4 is 15.9 Å². The van der Waals surface area contributed by atoms with Crippen LogP contribution in [-0.4, -0.2) is 55.8 Å². The minimum Gasteiger partial charge on any atom is -0.492 e. The van der Waals surface area contributed by atoms with Crippen LogP contribution in [0.5, 0.6) is 5.75 Å². The molecule has 0 radical (unpaired) electrons. The van der Waals surface area contributed by atoms with Crippen LogP contribution in [0.15, 0.2) is 59.5 Å². The van der Waals surface area contributed by atoms with E-state index in [1.54, 1.807) is 30.3 Å². The number of sulfonamides is 1. The van der Waals surface area contributed by atoms with E-state index in [1.807, 2.05) is 23.1 Å². The fourth-order valence-electron chi connectivity index (χ4n) is 4.66. The van der Waals surface area contributed by atoms with Crippen LogP contribution in [0.25, 0.3) is 0 Å². The predicted octanol–water partition coefficient (Wildman–Crippen LogP) is 3.86. The third kappa shape index (κ3) is 5.51. The number of nitrogens with zero attached hydrogens (tertiary/aromatic N) is 2. The molecule has 0 N–H and O–H groups in total. The summed E-state index contributed by atoms with van der Waals surface area (Å²) in [5.74, 6) is 0.901. The minimum absolute atomic E-state index is 0.145. The van der Waals surface area contributed by atoms with Crippen molar-refractivity contribution in [2.45, 2.75) is 55.9 Å². The molecule has 2 heterocycles. The molecule has 2 aliphatic heterocycles. The summed E-state index contributed by atoms with van der Waals surface area (Å²) >= 11 is 0. The molecule has 172 valence electrons. The Balaban J connectivity index is 1.57. The number of hydrogen-bond donors (Lipinski definition) is 0. The smallest absolute Gasteiger partial charge is 0.243 e. The van der Waals surface area contributed by atoms with E-state index in [-0.39, 0.29) is 30.0 Å². The second-order valence-electron chi connectivity index (χ2n) is 8.59. The van der Waals surface area contributed by atoms with Gasteiger partial charge in [-0.05, 0) is 68.4 Å². The van der Waals surface area contributed by atoms with Crippen molar-refractivity contribution in [2.24, 2.45) is 0 Å². The molecule has 0 spiro atoms. The van der Waals surface area contributed by atoms with Crippen LogP contribution in [-0.2, 0) is 21.2 Å². The summed E-state index contributed by atoms with van der Waals surface area (Å²) in [5.41, 5.74) is 1.18. The molecular formula is C25H32N2O4S. The Bertz CT molecular complexity index is 1010. The average Bonchev–Trinajstić information content (AvgIpc) is 2.82. The highest BCUT2D eigenvalue weighted by Crippen LogP contribution is 2.24. The van der Waals surface area contributed by atoms with E-state index in [4.69, 9.17) is 4.74 Å². The zero-order valence-corrected chi connectivity index (χ0v) is 19.3. The molecule has 2 aromatic carbocycles. The van der Waals surface area contributed by atoms with Crippen LogP contribution in [0.4, 0.5) is 0 Å². The van der Waals surface area contributed by atoms with E-state index < -0.39 is 10.0 Å². The second kappa shape index (κ2) is 10.5. The number of amides is 1. The molecule has 1 amide bonds. The third-order valence-corrected chi connectivity index (χ3v) is 8.31. The SMILES string of the molecule is O=C1CCCN(S(=O)(=O)c2ccccc2)CCOc2cccc(c2)CCC2CCCCN12. The Morgan fingerprint density at radius 1 is 0.844 bits per heavy atom. The van der Waals surface area contributed by atoms with Gasteiger partial charge in [-0.15, -0.1) is 0 Å². The van der Waals surface area contributed by atoms with Gasteiger partial charge in [-0.3, -0.25) is 4.79 Å². The molecule has 0 aliphatic carbocycles. The van der Waals surface area contributed by atoms with Gasteiger partial charge >= 0.3 is 0 Å². The highest BCUT2D eigenvalue weighted by Gasteiger charge is 2.28. The van der Waals surface area contributed by atoms with E-state index in [0.29, 0.717) is 19.4 Å². The Morgan fingerprint density at radius 2 is 1.69 bits per heavy atom. The van der Waals surface area contributed by atoms with Gasteiger partial charge in [0.2, 0.25) is 15.9 Å². The van der Waals surface area contributed by atoms with Gasteiger partial charge in [0.1, 0.15) is 12.4 Å². The maximum Gasteiger partial charge on any atom is 0.243 e. The molecule has 7 heteroatoms. The largest absolute Gasteiger partial charge is 0.492 e. The van der Waals surface area contributed by atoms with E-state index in [9.17, 15) is 13.2 Å². The molecule has 4 rings (SSSR count). The van der Waals surface area contributed by atoms with Crippen LogP contribution in [0.3, 0.4) is 0 Å². The number of carbonyl (C=O) groups excluding carboxylic acids is 1. The van der Waals surface area contributed by atoms with E-state index in [2.05, 4.69) is 6.07 Å². The van der Waals surface area contributed by atoms with Gasteiger partial charge in [-0.25, -0.2) is 8.42 Å². The zero-order chi connectivity index (χ0) is 22.4. The molecule has 2 aromatic rings. The highest BCUT2D eigenvalue weighted by atomic mass is 32.2. The summed E-state index contributed by atoms with van der Waals surface area (Å²) in [5, 5.41) is 0. The molecule has 0 aromatic heterocycles. The standard InChI is InChI=1S/C25H32N2O4S/c28-25-13-7-16-26(32(29,30)24-11-2-1-3-12-24)18-19-31-23-10-6-8-21(20-23)14-15-22-9-4-5-17-27(22)25/h1-3,6,8,10-12,20,22H,4-5,7,9,13-19H2. The van der Waals surface area contributed by atoms with Crippen LogP contribution in [0, 0.1) is 0 Å². The first-order chi connectivity index (χ1) is 15.5. The molecule has 1 fully saturated rings. The van der Waals surface area contributed by atoms with Gasteiger partial charge in [0.25, 0.3) is 0 Å². The Morgan fingerprint density at radius 3 is 2.53 bits per heavy atom. The fourth-order valence-corrected chi connectivity index (χ4v) is 6.15. The predicted molar refractivity (Wildman–Crippen MR) is 124 cm³/mol. The van der Waals surface area contributed by atoms with Crippen molar-refractivity contribution < 1.29 is 17.9 Å². The monoisotopic (exact) mass is 456 g/mol. The first-order valence-corrected chi connectivity index (χ1v) is 13.0. The third-order valence-electron chi connectivity index (χ3n) is 6.40. The quantitative estimate of drug-likeness (QED) is 0.688. The van der Waals surface area contributed by atoms with Crippen molar-refractivity contribution in [1.29, 1.82) is 0 Å². The lowest BCUT2D eigenvalue weighted by Gasteiger charge is -2.36. The fraction of sp³-hybridized carbons (Fsp3) is 0.480. The van der Waals surface area contributed by atoms with Gasteiger partial charge in [-0.1, -0.05) is 30.3 Å². The summed E-state index contributed by atoms with van der Waals surface area (Å²) in [4.78, 5) is 15.3. The van der Waals surface area contributed by atoms with E-state index >= 15 is 0 Å². The molecule has 2 bridgehead atoms. The lowest BCUT2D eigenvalue weighted by Crippen LogP contribution is -2.44. The molecule has 1 saturated heterocycles. The van der Waals surface area contributed by atoms with Gasteiger partial charge in [0.15, 0.2) is 0 Å². The lowest BCUT2D eigenvalue weighted by molar-refractivity contribution is -0.135. The number of ether oxygens (including phenoxy) is 1. The van der Waals surface area contributed by atoms with E-state index in [1.165, 1.54) is 9.87 Å². The van der Waals surface area contributed by atoms with Crippen molar-refractivity contribution in [1.82, 2.24) is 9.21 Å². The van der Waals surface area contributed by atoms with Crippen LogP contribution >= 0.6 is 0 Å². The Labute approximate surface area is 191 Å². The highest BCUT2D eigenvalue weighted by molar-refractivity contribution is 7.89. The first kappa shape index (κ1) is 22.8. The maximum absolute atomic E-state index is 13.2. The summed E-state index contributed by atoms with van der Waals surface area (Å²) < 4.78 is 33.9. The van der Waals surface area contributed by atoms with Gasteiger partial charge < -0.3 is 9.64 Å². The lowest BCUT2D eigenvalue weighted by atomic mass is 9.95. The topological polar surface area (TPSA) is 66.9 Å². The Kier molecular flexibility index (Phi) is 7.48. The number of rotatable bonds is 2. The molecular weight excluding hydrogens is 424 g/mol. The van der Waals surface area contributed by atoms with Crippen molar-refractivity contribution in [3.8, 4) is 5.75 Å². The Hall–Kier alpha value is -2.38. The van der Waals surface area contributed by atoms with Crippen molar-refractivity contribution in [2.75, 3.05) is 26.2 Å². The van der Waals surface area contributed by atoms with Crippen LogP contribution < -0.4 is 4.74 Å². The molecule has 0 saturated carbocycles. The molecule has 1 atom stereocenters. The van der Waals surface area contributed by atoms with Crippen LogP contribution in [0.1, 0.15) is 44.1 Å². The normalized spacial score (nSPS) is 21.7. The van der Waals surface area contributed by atoms with Gasteiger partial charge in [0, 0.05) is 32.1 Å². The summed E-state index contributed by atoms with van der Waals surface area (Å²) in [7, 11) is -3.66. The number of benzene rings is 2. The van der Waals surface area contributed by atoms with E-state index in [0.717, 1.165) is 44.4 Å². The molecule has 32 heavy (non-hydrogen) atoms. The summed E-state index contributed by atoms with van der Waals surface area (Å²) in [6, 6.07) is 16.7. The zero-order valence-electron chi connectivity index (χ0n) is 18.5. The second-order valence-corrected chi connectivity index (χ2v) is 10.5. The minimum atomic E-state index is -3.66. The first-order valence-electron chi connectivity index (χ1n) is 11.6. The molecule has 6 nitrogen and oxygen atoms in total. The summed E-state index contributed by atoms with van der Waals surface area (Å²) in [6.07, 6.45) is 5.95. The maximum atomic E-state index is 13.2. The van der Waals surface area contributed by atoms with Crippen molar-refractivity contribution in [3.05, 3.63) is 60.2 Å². The van der Waals surface area contributed by atoms with Crippen molar-refractivity contribution in [3.63, 3.8) is 0 Å². The molecule has 1 unspecified atom stereocenters. The number of hydrogen-bond acceptors (Lipinski definition) is 4. The number of piperidine rings is 1. The average molecular weight is 457 g/mol. The summed E-state index contributed by atoms with van der Waals surface area (Å²) in [6.45, 7) is 1.60. The number of fused-ring (bicyclic) bond motifs is 3. The number of aryl methyl sites for hydroxylation is 1. The van der Waals surface area contributed by atoms with Gasteiger partial charge in [-0.2, -0.15) is 4.31 Å². The molecule has 2 aliphatic rings. The number of carbonyl (C=O) groups is 1. The van der Waals surface area contributed by atoms with Crippen LogP contribution in [0.2, 0.25) is 0 Å². The van der Waals surface area contributed by atoms with Gasteiger partial charge in [0.05, 0.1) is 4.90 Å².